The van der Waals surface area contributed by atoms with Gasteiger partial charge in [-0.05, 0) is 38.0 Å². The SMILES string of the molecule is CC1(Cn2c(CCl)nc3ccc(Cl)cc32)CCCO1. The number of hydrogen-bond acceptors (Lipinski definition) is 2. The van der Waals surface area contributed by atoms with Crippen LogP contribution in [0.25, 0.3) is 11.0 Å². The van der Waals surface area contributed by atoms with E-state index in [1.54, 1.807) is 0 Å². The third-order valence-electron chi connectivity index (χ3n) is 3.70. The predicted molar refractivity (Wildman–Crippen MR) is 77.9 cm³/mol. The van der Waals surface area contributed by atoms with Gasteiger partial charge in [0.2, 0.25) is 0 Å². The number of fused-ring (bicyclic) bond motifs is 1. The average molecular weight is 299 g/mol. The molecular weight excluding hydrogens is 283 g/mol. The van der Waals surface area contributed by atoms with Crippen LogP contribution in [0.5, 0.6) is 0 Å². The van der Waals surface area contributed by atoms with Gasteiger partial charge in [0.15, 0.2) is 0 Å². The first-order valence-electron chi connectivity index (χ1n) is 6.46. The van der Waals surface area contributed by atoms with E-state index in [4.69, 9.17) is 27.9 Å². The van der Waals surface area contributed by atoms with E-state index in [-0.39, 0.29) is 5.60 Å². The van der Waals surface area contributed by atoms with Crippen LogP contribution in [-0.2, 0) is 17.2 Å². The molecule has 0 N–H and O–H groups in total. The molecule has 2 aromatic rings. The minimum Gasteiger partial charge on any atom is -0.373 e. The summed E-state index contributed by atoms with van der Waals surface area (Å²) in [5, 5.41) is 0.715. The second kappa shape index (κ2) is 4.97. The fraction of sp³-hybridized carbons (Fsp3) is 0.500. The molecule has 1 aliphatic heterocycles. The molecule has 102 valence electrons. The van der Waals surface area contributed by atoms with E-state index in [9.17, 15) is 0 Å². The Kier molecular flexibility index (Phi) is 3.46. The molecule has 0 radical (unpaired) electrons. The lowest BCUT2D eigenvalue weighted by Gasteiger charge is -2.25. The van der Waals surface area contributed by atoms with E-state index in [1.807, 2.05) is 18.2 Å². The molecule has 0 saturated carbocycles. The normalized spacial score (nSPS) is 23.3. The van der Waals surface area contributed by atoms with Gasteiger partial charge in [0.05, 0.1) is 29.1 Å². The van der Waals surface area contributed by atoms with Crippen LogP contribution in [0.1, 0.15) is 25.6 Å². The Hall–Kier alpha value is -0.770. The first kappa shape index (κ1) is 13.2. The number of ether oxygens (including phenoxy) is 1. The summed E-state index contributed by atoms with van der Waals surface area (Å²) in [6.45, 7) is 3.75. The van der Waals surface area contributed by atoms with E-state index in [0.29, 0.717) is 10.9 Å². The van der Waals surface area contributed by atoms with E-state index in [0.717, 1.165) is 42.9 Å². The molecule has 1 aromatic carbocycles. The molecular formula is C14H16Cl2N2O. The van der Waals surface area contributed by atoms with E-state index >= 15 is 0 Å². The summed E-state index contributed by atoms with van der Waals surface area (Å²) >= 11 is 12.1. The van der Waals surface area contributed by atoms with Gasteiger partial charge in [-0.2, -0.15) is 0 Å². The highest BCUT2D eigenvalue weighted by molar-refractivity contribution is 6.31. The highest BCUT2D eigenvalue weighted by atomic mass is 35.5. The number of hydrogen-bond donors (Lipinski definition) is 0. The molecule has 0 amide bonds. The molecule has 0 bridgehead atoms. The van der Waals surface area contributed by atoms with Crippen molar-refractivity contribution in [3.05, 3.63) is 29.0 Å². The maximum Gasteiger partial charge on any atom is 0.124 e. The van der Waals surface area contributed by atoms with Crippen molar-refractivity contribution in [3.8, 4) is 0 Å². The van der Waals surface area contributed by atoms with E-state index in [1.165, 1.54) is 0 Å². The van der Waals surface area contributed by atoms with E-state index in [2.05, 4.69) is 16.5 Å². The third kappa shape index (κ3) is 2.47. The van der Waals surface area contributed by atoms with Crippen LogP contribution >= 0.6 is 23.2 Å². The predicted octanol–water partition coefficient (Wildman–Crippen LogP) is 4.00. The van der Waals surface area contributed by atoms with Crippen LogP contribution < -0.4 is 0 Å². The summed E-state index contributed by atoms with van der Waals surface area (Å²) in [6.07, 6.45) is 2.18. The van der Waals surface area contributed by atoms with Crippen LogP contribution in [0, 0.1) is 0 Å². The molecule has 1 unspecified atom stereocenters. The van der Waals surface area contributed by atoms with Crippen molar-refractivity contribution >= 4 is 34.2 Å². The molecule has 2 heterocycles. The summed E-state index contributed by atoms with van der Waals surface area (Å²) < 4.78 is 8.01. The summed E-state index contributed by atoms with van der Waals surface area (Å²) in [5.74, 6) is 1.26. The van der Waals surface area contributed by atoms with Crippen molar-refractivity contribution in [1.82, 2.24) is 9.55 Å². The standard InChI is InChI=1S/C14H16Cl2N2O/c1-14(5-2-6-19-14)9-18-12-7-10(16)3-4-11(12)17-13(18)8-15/h3-4,7H,2,5-6,8-9H2,1H3. The summed E-state index contributed by atoms with van der Waals surface area (Å²) in [6, 6.07) is 5.73. The molecule has 5 heteroatoms. The molecule has 1 aromatic heterocycles. The summed E-state index contributed by atoms with van der Waals surface area (Å²) in [4.78, 5) is 4.56. The lowest BCUT2D eigenvalue weighted by molar-refractivity contribution is 0.00661. The average Bonchev–Trinajstić information content (AvgIpc) is 2.95. The number of rotatable bonds is 3. The fourth-order valence-electron chi connectivity index (χ4n) is 2.72. The van der Waals surface area contributed by atoms with Crippen LogP contribution in [0.4, 0.5) is 0 Å². The van der Waals surface area contributed by atoms with Crippen molar-refractivity contribution in [2.75, 3.05) is 6.61 Å². The molecule has 1 saturated heterocycles. The Morgan fingerprint density at radius 1 is 1.47 bits per heavy atom. The van der Waals surface area contributed by atoms with Gasteiger partial charge >= 0.3 is 0 Å². The van der Waals surface area contributed by atoms with Gasteiger partial charge in [0.1, 0.15) is 5.82 Å². The number of imidazole rings is 1. The molecule has 3 nitrogen and oxygen atoms in total. The lowest BCUT2D eigenvalue weighted by Crippen LogP contribution is -2.30. The molecule has 3 rings (SSSR count). The number of aromatic nitrogens is 2. The first-order chi connectivity index (χ1) is 9.11. The van der Waals surface area contributed by atoms with E-state index < -0.39 is 0 Å². The lowest BCUT2D eigenvalue weighted by atomic mass is 10.0. The number of alkyl halides is 1. The molecule has 0 spiro atoms. The van der Waals surface area contributed by atoms with Crippen molar-refractivity contribution in [1.29, 1.82) is 0 Å². The maximum atomic E-state index is 6.09. The first-order valence-corrected chi connectivity index (χ1v) is 7.37. The Labute approximate surface area is 122 Å². The maximum absolute atomic E-state index is 6.09. The largest absolute Gasteiger partial charge is 0.373 e. The topological polar surface area (TPSA) is 27.1 Å². The second-order valence-corrected chi connectivity index (χ2v) is 5.99. The van der Waals surface area contributed by atoms with Gasteiger partial charge in [-0.25, -0.2) is 4.98 Å². The van der Waals surface area contributed by atoms with Gasteiger partial charge in [0, 0.05) is 11.6 Å². The molecule has 1 atom stereocenters. The van der Waals surface area contributed by atoms with Crippen molar-refractivity contribution < 1.29 is 4.74 Å². The van der Waals surface area contributed by atoms with Crippen LogP contribution in [0.15, 0.2) is 18.2 Å². The number of benzene rings is 1. The van der Waals surface area contributed by atoms with Crippen molar-refractivity contribution in [3.63, 3.8) is 0 Å². The minimum absolute atomic E-state index is 0.128. The Morgan fingerprint density at radius 2 is 2.32 bits per heavy atom. The van der Waals surface area contributed by atoms with Gasteiger partial charge in [-0.1, -0.05) is 11.6 Å². The number of nitrogens with zero attached hydrogens (tertiary/aromatic N) is 2. The molecule has 19 heavy (non-hydrogen) atoms. The van der Waals surface area contributed by atoms with Gasteiger partial charge in [0.25, 0.3) is 0 Å². The monoisotopic (exact) mass is 298 g/mol. The number of halogens is 2. The van der Waals surface area contributed by atoms with Crippen LogP contribution in [-0.4, -0.2) is 21.8 Å². The second-order valence-electron chi connectivity index (χ2n) is 5.28. The van der Waals surface area contributed by atoms with Crippen molar-refractivity contribution in [2.45, 2.75) is 37.8 Å². The van der Waals surface area contributed by atoms with Crippen LogP contribution in [0.2, 0.25) is 5.02 Å². The zero-order valence-corrected chi connectivity index (χ0v) is 12.3. The Bertz CT molecular complexity index is 603. The smallest absolute Gasteiger partial charge is 0.124 e. The quantitative estimate of drug-likeness (QED) is 0.801. The zero-order valence-electron chi connectivity index (χ0n) is 10.8. The molecule has 1 aliphatic rings. The summed E-state index contributed by atoms with van der Waals surface area (Å²) in [5.41, 5.74) is 1.83. The molecule has 0 aliphatic carbocycles. The Balaban J connectivity index is 2.07. The Morgan fingerprint density at radius 3 is 3.00 bits per heavy atom. The van der Waals surface area contributed by atoms with Gasteiger partial charge < -0.3 is 9.30 Å². The summed E-state index contributed by atoms with van der Waals surface area (Å²) in [7, 11) is 0. The van der Waals surface area contributed by atoms with Gasteiger partial charge in [-0.3, -0.25) is 0 Å². The highest BCUT2D eigenvalue weighted by Crippen LogP contribution is 2.30. The highest BCUT2D eigenvalue weighted by Gasteiger charge is 2.31. The zero-order chi connectivity index (χ0) is 13.5. The third-order valence-corrected chi connectivity index (χ3v) is 4.18. The van der Waals surface area contributed by atoms with Crippen molar-refractivity contribution in [2.24, 2.45) is 0 Å². The van der Waals surface area contributed by atoms with Crippen LogP contribution in [0.3, 0.4) is 0 Å². The van der Waals surface area contributed by atoms with Gasteiger partial charge in [-0.15, -0.1) is 11.6 Å². The molecule has 1 fully saturated rings. The fourth-order valence-corrected chi connectivity index (χ4v) is 3.09. The minimum atomic E-state index is -0.128.